The van der Waals surface area contributed by atoms with Crippen LogP contribution in [0.15, 0.2) is 72.9 Å². The van der Waals surface area contributed by atoms with E-state index in [1.54, 1.807) is 51.2 Å². The molecule has 1 atom stereocenters. The molecule has 0 saturated heterocycles. The van der Waals surface area contributed by atoms with Gasteiger partial charge in [-0.25, -0.2) is 9.59 Å². The zero-order valence-electron chi connectivity index (χ0n) is 30.2. The van der Waals surface area contributed by atoms with E-state index < -0.39 is 23.8 Å². The van der Waals surface area contributed by atoms with Crippen LogP contribution in [0.1, 0.15) is 62.4 Å². The number of ether oxygens (including phenoxy) is 1. The third kappa shape index (κ3) is 11.5. The first-order valence-corrected chi connectivity index (χ1v) is 17.8. The summed E-state index contributed by atoms with van der Waals surface area (Å²) in [6.45, 7) is 6.13. The quantitative estimate of drug-likeness (QED) is 0.0908. The number of H-pyrrole nitrogens is 1. The van der Waals surface area contributed by atoms with Crippen molar-refractivity contribution in [2.45, 2.75) is 64.5 Å². The number of nitrogens with zero attached hydrogens (tertiary/aromatic N) is 1. The lowest BCUT2D eigenvalue weighted by Gasteiger charge is -2.29. The average Bonchev–Trinajstić information content (AvgIpc) is 3.60. The van der Waals surface area contributed by atoms with Gasteiger partial charge in [-0.15, -0.1) is 0 Å². The Morgan fingerprint density at radius 3 is 2.34 bits per heavy atom. The summed E-state index contributed by atoms with van der Waals surface area (Å²) in [4.78, 5) is 62.7. The lowest BCUT2D eigenvalue weighted by molar-refractivity contribution is -0.130. The molecule has 0 bridgehead atoms. The molecule has 4 aromatic rings. The zero-order valence-corrected chi connectivity index (χ0v) is 30.2. The van der Waals surface area contributed by atoms with Crippen LogP contribution in [-0.2, 0) is 20.7 Å². The summed E-state index contributed by atoms with van der Waals surface area (Å²) in [5.41, 5.74) is 3.75. The molecular formula is C39H47N7O7. The highest BCUT2D eigenvalue weighted by Gasteiger charge is 2.30. The molecule has 1 aromatic heterocycles. The summed E-state index contributed by atoms with van der Waals surface area (Å²) >= 11 is 0. The number of carbonyl (C=O) groups excluding carboxylic acids is 4. The summed E-state index contributed by atoms with van der Waals surface area (Å²) < 4.78 is 5.20. The van der Waals surface area contributed by atoms with Crippen LogP contribution in [-0.4, -0.2) is 76.5 Å². The molecular weight excluding hydrogens is 678 g/mol. The van der Waals surface area contributed by atoms with Crippen molar-refractivity contribution in [1.82, 2.24) is 31.5 Å². The number of alkyl carbamates (subject to hydrolysis) is 1. The number of rotatable bonds is 13. The highest BCUT2D eigenvalue weighted by molar-refractivity contribution is 5.99. The number of nitrogens with one attached hydrogen (secondary N) is 6. The third-order valence-corrected chi connectivity index (χ3v) is 9.03. The Kier molecular flexibility index (Phi) is 12.7. The minimum absolute atomic E-state index is 0.172. The monoisotopic (exact) mass is 725 g/mol. The Balaban J connectivity index is 1.23. The predicted octanol–water partition coefficient (Wildman–Crippen LogP) is 5.22. The first kappa shape index (κ1) is 38.3. The zero-order chi connectivity index (χ0) is 38.0. The number of anilines is 1. The van der Waals surface area contributed by atoms with Gasteiger partial charge in [-0.1, -0.05) is 36.4 Å². The normalized spacial score (nSPS) is 16.2. The van der Waals surface area contributed by atoms with Crippen LogP contribution in [0.25, 0.3) is 22.0 Å². The molecule has 0 aliphatic heterocycles. The van der Waals surface area contributed by atoms with Gasteiger partial charge in [-0.2, -0.15) is 5.10 Å². The van der Waals surface area contributed by atoms with E-state index in [2.05, 4.69) is 36.8 Å². The summed E-state index contributed by atoms with van der Waals surface area (Å²) in [5.74, 6) is -0.956. The van der Waals surface area contributed by atoms with E-state index in [0.29, 0.717) is 43.5 Å². The van der Waals surface area contributed by atoms with Crippen molar-refractivity contribution in [2.24, 2.45) is 11.8 Å². The van der Waals surface area contributed by atoms with E-state index in [0.717, 1.165) is 27.6 Å². The fourth-order valence-corrected chi connectivity index (χ4v) is 6.29. The van der Waals surface area contributed by atoms with Crippen molar-refractivity contribution in [3.05, 3.63) is 84.1 Å². The van der Waals surface area contributed by atoms with E-state index in [4.69, 9.17) is 9.84 Å². The molecule has 280 valence electrons. The number of aromatic nitrogens is 2. The number of amides is 5. The first-order valence-electron chi connectivity index (χ1n) is 17.8. The number of aromatic amines is 1. The number of hydrogen-bond donors (Lipinski definition) is 7. The van der Waals surface area contributed by atoms with Crippen LogP contribution >= 0.6 is 0 Å². The van der Waals surface area contributed by atoms with Gasteiger partial charge in [0.2, 0.25) is 11.8 Å². The number of carboxylic acid groups (broad SMARTS) is 1. The van der Waals surface area contributed by atoms with Crippen LogP contribution in [0.3, 0.4) is 0 Å². The summed E-state index contributed by atoms with van der Waals surface area (Å²) in [6.07, 6.45) is 2.96. The second-order valence-electron chi connectivity index (χ2n) is 14.3. The standard InChI is InChI=1S/C39H47N7O7/c1-39(2,3)53-38(52)41-18-17-40-34(47)27-13-11-26(12-14-27)29-6-4-5-25(19-29)20-33(36(49)44-31-16-15-30-23-43-46-32(30)21-31)45-35(48)28-9-7-24(8-10-28)22-42-37(50)51/h4-6,11-16,19,21,23-24,28,33,42H,7-10,17-18,20,22H2,1-3H3,(H,40,47)(H,41,52)(H,43,46)(H,44,49)(H,45,48)(H,50,51)/t24?,28?,33-/m0/s1. The van der Waals surface area contributed by atoms with Gasteiger partial charge in [-0.05, 0) is 99.4 Å². The Hall–Kier alpha value is -5.92. The molecule has 14 heteroatoms. The summed E-state index contributed by atoms with van der Waals surface area (Å²) in [5, 5.41) is 30.6. The maximum Gasteiger partial charge on any atom is 0.407 e. The topological polar surface area (TPSA) is 204 Å². The van der Waals surface area contributed by atoms with E-state index >= 15 is 0 Å². The van der Waals surface area contributed by atoms with Gasteiger partial charge in [0, 0.05) is 48.6 Å². The van der Waals surface area contributed by atoms with E-state index in [1.807, 2.05) is 42.5 Å². The van der Waals surface area contributed by atoms with Gasteiger partial charge < -0.3 is 36.4 Å². The average molecular weight is 726 g/mol. The highest BCUT2D eigenvalue weighted by Crippen LogP contribution is 2.29. The van der Waals surface area contributed by atoms with Crippen LogP contribution in [0, 0.1) is 11.8 Å². The van der Waals surface area contributed by atoms with Crippen molar-refractivity contribution >= 4 is 46.5 Å². The largest absolute Gasteiger partial charge is 0.465 e. The van der Waals surface area contributed by atoms with Crippen LogP contribution < -0.4 is 26.6 Å². The molecule has 0 radical (unpaired) electrons. The minimum Gasteiger partial charge on any atom is -0.465 e. The number of fused-ring (bicyclic) bond motifs is 1. The van der Waals surface area contributed by atoms with Crippen molar-refractivity contribution < 1.29 is 33.8 Å². The Morgan fingerprint density at radius 1 is 0.887 bits per heavy atom. The second-order valence-corrected chi connectivity index (χ2v) is 14.3. The first-order chi connectivity index (χ1) is 25.3. The number of hydrogen-bond acceptors (Lipinski definition) is 7. The van der Waals surface area contributed by atoms with E-state index in [9.17, 15) is 24.0 Å². The van der Waals surface area contributed by atoms with Gasteiger partial charge in [0.05, 0.1) is 11.7 Å². The second kappa shape index (κ2) is 17.5. The Morgan fingerprint density at radius 2 is 1.62 bits per heavy atom. The SMILES string of the molecule is CC(C)(C)OC(=O)NCCNC(=O)c1ccc(-c2cccc(C[C@H](NC(=O)C3CCC(CNC(=O)O)CC3)C(=O)Nc3ccc4cn[nH]c4c3)c2)cc1. The molecule has 3 aromatic carbocycles. The smallest absolute Gasteiger partial charge is 0.407 e. The molecule has 53 heavy (non-hydrogen) atoms. The maximum absolute atomic E-state index is 13.8. The molecule has 0 spiro atoms. The van der Waals surface area contributed by atoms with Gasteiger partial charge in [0.1, 0.15) is 11.6 Å². The molecule has 1 aliphatic rings. The third-order valence-electron chi connectivity index (χ3n) is 9.03. The molecule has 14 nitrogen and oxygen atoms in total. The van der Waals surface area contributed by atoms with Crippen LogP contribution in [0.4, 0.5) is 15.3 Å². The number of carbonyl (C=O) groups is 5. The van der Waals surface area contributed by atoms with Gasteiger partial charge in [-0.3, -0.25) is 19.5 Å². The lowest BCUT2D eigenvalue weighted by atomic mass is 9.81. The summed E-state index contributed by atoms with van der Waals surface area (Å²) in [6, 6.07) is 19.4. The van der Waals surface area contributed by atoms with Crippen molar-refractivity contribution in [3.8, 4) is 11.1 Å². The van der Waals surface area contributed by atoms with Gasteiger partial charge in [0.25, 0.3) is 5.91 Å². The number of benzene rings is 3. The Labute approximate surface area is 307 Å². The van der Waals surface area contributed by atoms with Crippen LogP contribution in [0.2, 0.25) is 0 Å². The molecule has 1 aliphatic carbocycles. The fraction of sp³-hybridized carbons (Fsp3) is 0.385. The van der Waals surface area contributed by atoms with Crippen molar-refractivity contribution in [2.75, 3.05) is 25.0 Å². The van der Waals surface area contributed by atoms with Gasteiger partial charge >= 0.3 is 12.2 Å². The van der Waals surface area contributed by atoms with E-state index in [-0.39, 0.29) is 49.1 Å². The molecule has 1 saturated carbocycles. The van der Waals surface area contributed by atoms with Crippen LogP contribution in [0.5, 0.6) is 0 Å². The van der Waals surface area contributed by atoms with Crippen molar-refractivity contribution in [3.63, 3.8) is 0 Å². The molecule has 1 heterocycles. The Bertz CT molecular complexity index is 1910. The fourth-order valence-electron chi connectivity index (χ4n) is 6.29. The maximum atomic E-state index is 13.8. The molecule has 1 fully saturated rings. The van der Waals surface area contributed by atoms with Crippen molar-refractivity contribution in [1.29, 1.82) is 0 Å². The molecule has 5 amide bonds. The van der Waals surface area contributed by atoms with E-state index in [1.165, 1.54) is 0 Å². The molecule has 7 N–H and O–H groups in total. The minimum atomic E-state index is -1.06. The van der Waals surface area contributed by atoms with Gasteiger partial charge in [0.15, 0.2) is 0 Å². The predicted molar refractivity (Wildman–Crippen MR) is 200 cm³/mol. The highest BCUT2D eigenvalue weighted by atomic mass is 16.6. The molecule has 5 rings (SSSR count). The molecule has 0 unspecified atom stereocenters. The lowest BCUT2D eigenvalue weighted by Crippen LogP contribution is -2.48. The summed E-state index contributed by atoms with van der Waals surface area (Å²) in [7, 11) is 0.